The van der Waals surface area contributed by atoms with Crippen LogP contribution in [0.15, 0.2) is 11.9 Å². The minimum Gasteiger partial charge on any atom is -0.400 e. The van der Waals surface area contributed by atoms with Gasteiger partial charge in [0.05, 0.1) is 0 Å². The van der Waals surface area contributed by atoms with Crippen LogP contribution in [0.5, 0.6) is 0 Å². The van der Waals surface area contributed by atoms with Crippen LogP contribution in [0.4, 0.5) is 8.78 Å². The van der Waals surface area contributed by atoms with Crippen molar-refractivity contribution >= 4 is 0 Å². The maximum Gasteiger partial charge on any atom is 0.250 e. The van der Waals surface area contributed by atoms with Crippen LogP contribution in [0, 0.1) is 5.41 Å². The highest BCUT2D eigenvalue weighted by Gasteiger charge is 2.56. The molecule has 5 heteroatoms. The summed E-state index contributed by atoms with van der Waals surface area (Å²) in [6.07, 6.45) is 1.67. The second-order valence-corrected chi connectivity index (χ2v) is 3.61. The number of nitrogens with one attached hydrogen (secondary N) is 1. The van der Waals surface area contributed by atoms with E-state index in [1.54, 1.807) is 0 Å². The Labute approximate surface area is 76.1 Å². The summed E-state index contributed by atoms with van der Waals surface area (Å²) in [5, 5.41) is 0. The zero-order valence-electron chi connectivity index (χ0n) is 7.61. The SMILES string of the molecule is CCC1(/C(N)=C/NN)CC(F)(F)C1. The summed E-state index contributed by atoms with van der Waals surface area (Å²) < 4.78 is 25.4. The molecule has 0 bridgehead atoms. The highest BCUT2D eigenvalue weighted by Crippen LogP contribution is 2.56. The van der Waals surface area contributed by atoms with Crippen molar-refractivity contribution in [2.45, 2.75) is 32.1 Å². The number of allylic oxidation sites excluding steroid dienone is 1. The average Bonchev–Trinajstić information content (AvgIpc) is 1.99. The summed E-state index contributed by atoms with van der Waals surface area (Å²) in [6, 6.07) is 0. The molecular formula is C8H15F2N3. The summed E-state index contributed by atoms with van der Waals surface area (Å²) in [4.78, 5) is 0. The molecule has 0 unspecified atom stereocenters. The Hall–Kier alpha value is -0.840. The van der Waals surface area contributed by atoms with Gasteiger partial charge in [0.1, 0.15) is 0 Å². The Morgan fingerprint density at radius 2 is 2.08 bits per heavy atom. The second kappa shape index (κ2) is 3.14. The molecule has 5 N–H and O–H groups in total. The molecule has 0 spiro atoms. The van der Waals surface area contributed by atoms with E-state index in [-0.39, 0.29) is 12.8 Å². The van der Waals surface area contributed by atoms with Crippen LogP contribution in [0.2, 0.25) is 0 Å². The first-order chi connectivity index (χ1) is 5.96. The van der Waals surface area contributed by atoms with Gasteiger partial charge in [0.15, 0.2) is 0 Å². The third kappa shape index (κ3) is 1.75. The van der Waals surface area contributed by atoms with E-state index in [9.17, 15) is 8.78 Å². The predicted molar refractivity (Wildman–Crippen MR) is 46.5 cm³/mol. The summed E-state index contributed by atoms with van der Waals surface area (Å²) in [6.45, 7) is 1.85. The number of hydrogen-bond donors (Lipinski definition) is 3. The van der Waals surface area contributed by atoms with Crippen molar-refractivity contribution in [1.82, 2.24) is 5.43 Å². The minimum atomic E-state index is -2.55. The number of hydrazine groups is 1. The normalized spacial score (nSPS) is 25.1. The van der Waals surface area contributed by atoms with Gasteiger partial charge in [0, 0.05) is 30.2 Å². The van der Waals surface area contributed by atoms with Crippen molar-refractivity contribution in [1.29, 1.82) is 0 Å². The van der Waals surface area contributed by atoms with E-state index in [0.717, 1.165) is 0 Å². The molecule has 0 atom stereocenters. The van der Waals surface area contributed by atoms with Crippen LogP contribution in [-0.4, -0.2) is 5.92 Å². The van der Waals surface area contributed by atoms with Crippen LogP contribution >= 0.6 is 0 Å². The zero-order chi connectivity index (χ0) is 10.1. The second-order valence-electron chi connectivity index (χ2n) is 3.61. The lowest BCUT2D eigenvalue weighted by Gasteiger charge is -2.47. The molecule has 0 aromatic rings. The van der Waals surface area contributed by atoms with Gasteiger partial charge >= 0.3 is 0 Å². The lowest BCUT2D eigenvalue weighted by molar-refractivity contribution is -0.147. The fourth-order valence-electron chi connectivity index (χ4n) is 1.84. The molecule has 0 aliphatic heterocycles. The average molecular weight is 191 g/mol. The molecule has 1 fully saturated rings. The lowest BCUT2D eigenvalue weighted by atomic mass is 9.62. The van der Waals surface area contributed by atoms with Crippen molar-refractivity contribution in [3.8, 4) is 0 Å². The number of alkyl halides is 2. The largest absolute Gasteiger partial charge is 0.400 e. The molecule has 3 nitrogen and oxygen atoms in total. The van der Waals surface area contributed by atoms with Gasteiger partial charge in [-0.2, -0.15) is 0 Å². The third-order valence-electron chi connectivity index (χ3n) is 2.72. The van der Waals surface area contributed by atoms with E-state index in [1.165, 1.54) is 6.20 Å². The van der Waals surface area contributed by atoms with Gasteiger partial charge in [0.25, 0.3) is 0 Å². The molecule has 1 saturated carbocycles. The molecule has 1 aliphatic rings. The summed E-state index contributed by atoms with van der Waals surface area (Å²) in [5.41, 5.74) is 7.79. The van der Waals surface area contributed by atoms with Gasteiger partial charge in [-0.1, -0.05) is 6.92 Å². The highest BCUT2D eigenvalue weighted by molar-refractivity contribution is 5.18. The Morgan fingerprint density at radius 3 is 2.38 bits per heavy atom. The van der Waals surface area contributed by atoms with Crippen molar-refractivity contribution in [2.24, 2.45) is 17.0 Å². The van der Waals surface area contributed by atoms with Gasteiger partial charge in [0.2, 0.25) is 5.92 Å². The van der Waals surface area contributed by atoms with Crippen molar-refractivity contribution in [3.63, 3.8) is 0 Å². The van der Waals surface area contributed by atoms with E-state index >= 15 is 0 Å². The molecule has 0 aromatic heterocycles. The standard InChI is InChI=1S/C8H15F2N3/c1-2-7(6(11)3-13-12)4-8(9,10)5-7/h3,13H,2,4-5,11-12H2,1H3/b6-3-. The van der Waals surface area contributed by atoms with E-state index < -0.39 is 11.3 Å². The van der Waals surface area contributed by atoms with Gasteiger partial charge in [-0.05, 0) is 6.42 Å². The van der Waals surface area contributed by atoms with E-state index in [0.29, 0.717) is 12.1 Å². The zero-order valence-corrected chi connectivity index (χ0v) is 7.61. The van der Waals surface area contributed by atoms with Gasteiger partial charge in [-0.3, -0.25) is 5.84 Å². The maximum absolute atomic E-state index is 12.7. The number of halogens is 2. The Bertz CT molecular complexity index is 217. The van der Waals surface area contributed by atoms with Gasteiger partial charge < -0.3 is 11.2 Å². The highest BCUT2D eigenvalue weighted by atomic mass is 19.3. The summed E-state index contributed by atoms with van der Waals surface area (Å²) in [7, 11) is 0. The molecule has 76 valence electrons. The summed E-state index contributed by atoms with van der Waals surface area (Å²) in [5.74, 6) is 2.48. The van der Waals surface area contributed by atoms with Gasteiger partial charge in [-0.25, -0.2) is 8.78 Å². The summed E-state index contributed by atoms with van der Waals surface area (Å²) >= 11 is 0. The van der Waals surface area contributed by atoms with E-state index in [2.05, 4.69) is 5.43 Å². The quantitative estimate of drug-likeness (QED) is 0.462. The molecule has 0 aromatic carbocycles. The molecule has 13 heavy (non-hydrogen) atoms. The van der Waals surface area contributed by atoms with Crippen LogP contribution in [0.3, 0.4) is 0 Å². The Balaban J connectivity index is 2.70. The molecule has 0 radical (unpaired) electrons. The Morgan fingerprint density at radius 1 is 1.54 bits per heavy atom. The number of rotatable bonds is 3. The van der Waals surface area contributed by atoms with E-state index in [4.69, 9.17) is 11.6 Å². The number of nitrogens with two attached hydrogens (primary N) is 2. The Kier molecular flexibility index (Phi) is 2.47. The van der Waals surface area contributed by atoms with Crippen LogP contribution in [0.25, 0.3) is 0 Å². The maximum atomic E-state index is 12.7. The molecule has 1 aliphatic carbocycles. The fraction of sp³-hybridized carbons (Fsp3) is 0.750. The fourth-order valence-corrected chi connectivity index (χ4v) is 1.84. The molecule has 0 saturated heterocycles. The van der Waals surface area contributed by atoms with E-state index in [1.807, 2.05) is 6.92 Å². The van der Waals surface area contributed by atoms with Crippen LogP contribution in [0.1, 0.15) is 26.2 Å². The van der Waals surface area contributed by atoms with Crippen LogP contribution < -0.4 is 17.0 Å². The first-order valence-electron chi connectivity index (χ1n) is 4.26. The van der Waals surface area contributed by atoms with Crippen molar-refractivity contribution in [3.05, 3.63) is 11.9 Å². The molecule has 0 heterocycles. The van der Waals surface area contributed by atoms with Gasteiger partial charge in [-0.15, -0.1) is 0 Å². The molecule has 1 rings (SSSR count). The topological polar surface area (TPSA) is 64.1 Å². The third-order valence-corrected chi connectivity index (χ3v) is 2.72. The predicted octanol–water partition coefficient (Wildman–Crippen LogP) is 1.08. The van der Waals surface area contributed by atoms with Crippen molar-refractivity contribution in [2.75, 3.05) is 0 Å². The first kappa shape index (κ1) is 10.2. The smallest absolute Gasteiger partial charge is 0.250 e. The van der Waals surface area contributed by atoms with Crippen LogP contribution in [-0.2, 0) is 0 Å². The van der Waals surface area contributed by atoms with Crippen molar-refractivity contribution < 1.29 is 8.78 Å². The molecular weight excluding hydrogens is 176 g/mol. The minimum absolute atomic E-state index is 0.166. The first-order valence-corrected chi connectivity index (χ1v) is 4.26. The number of hydrogen-bond acceptors (Lipinski definition) is 3. The lowest BCUT2D eigenvalue weighted by Crippen LogP contribution is -2.49. The molecule has 0 amide bonds. The monoisotopic (exact) mass is 191 g/mol.